The second kappa shape index (κ2) is 5.64. The molecule has 0 spiro atoms. The Morgan fingerprint density at radius 3 is 2.41 bits per heavy atom. The molecule has 1 aliphatic heterocycles. The van der Waals surface area contributed by atoms with Crippen molar-refractivity contribution < 1.29 is 0 Å². The molecule has 100 valence electrons. The van der Waals surface area contributed by atoms with Crippen molar-refractivity contribution in [2.75, 3.05) is 12.3 Å². The van der Waals surface area contributed by atoms with E-state index in [0.29, 0.717) is 16.9 Å². The summed E-state index contributed by atoms with van der Waals surface area (Å²) in [4.78, 5) is 4.70. The van der Waals surface area contributed by atoms with E-state index in [-0.39, 0.29) is 0 Å². The topological polar surface area (TPSA) is 24.4 Å². The molecule has 1 saturated heterocycles. The van der Waals surface area contributed by atoms with E-state index in [1.807, 2.05) is 11.8 Å². The minimum atomic E-state index is 0.325. The molecule has 1 rings (SSSR count). The first-order valence-corrected chi connectivity index (χ1v) is 7.61. The second-order valence-electron chi connectivity index (χ2n) is 7.20. The molecule has 1 atom stereocenters. The highest BCUT2D eigenvalue weighted by Crippen LogP contribution is 2.27. The first-order chi connectivity index (χ1) is 7.68. The first kappa shape index (κ1) is 14.9. The SMILES string of the molecule is CC(C)(C)CCN=C1NC(C(C)(C)C)CCS1. The van der Waals surface area contributed by atoms with Gasteiger partial charge in [-0.1, -0.05) is 53.3 Å². The average molecular weight is 256 g/mol. The van der Waals surface area contributed by atoms with Gasteiger partial charge in [0.15, 0.2) is 5.17 Å². The number of amidine groups is 1. The standard InChI is InChI=1S/C14H28N2S/c1-13(2,3)8-9-15-12-16-11(7-10-17-12)14(4,5)6/h11H,7-10H2,1-6H3,(H,15,16). The summed E-state index contributed by atoms with van der Waals surface area (Å²) in [6.45, 7) is 14.6. The van der Waals surface area contributed by atoms with Crippen LogP contribution in [0.3, 0.4) is 0 Å². The highest BCUT2D eigenvalue weighted by Gasteiger charge is 2.28. The number of hydrogen-bond acceptors (Lipinski definition) is 2. The highest BCUT2D eigenvalue weighted by molar-refractivity contribution is 8.13. The predicted molar refractivity (Wildman–Crippen MR) is 79.8 cm³/mol. The smallest absolute Gasteiger partial charge is 0.156 e. The van der Waals surface area contributed by atoms with Crippen LogP contribution >= 0.6 is 11.8 Å². The third-order valence-corrected chi connectivity index (χ3v) is 4.07. The molecular formula is C14H28N2S. The Balaban J connectivity index is 2.47. The van der Waals surface area contributed by atoms with Crippen molar-refractivity contribution in [2.45, 2.75) is 60.4 Å². The second-order valence-corrected chi connectivity index (χ2v) is 8.28. The lowest BCUT2D eigenvalue weighted by Gasteiger charge is -2.35. The van der Waals surface area contributed by atoms with E-state index in [9.17, 15) is 0 Å². The molecule has 1 unspecified atom stereocenters. The third kappa shape index (κ3) is 5.80. The van der Waals surface area contributed by atoms with Gasteiger partial charge < -0.3 is 5.32 Å². The lowest BCUT2D eigenvalue weighted by molar-refractivity contribution is 0.290. The number of nitrogens with one attached hydrogen (secondary N) is 1. The maximum atomic E-state index is 4.70. The summed E-state index contributed by atoms with van der Waals surface area (Å²) < 4.78 is 0. The minimum absolute atomic E-state index is 0.325. The van der Waals surface area contributed by atoms with Gasteiger partial charge in [-0.25, -0.2) is 0 Å². The molecule has 0 radical (unpaired) electrons. The molecule has 0 aromatic heterocycles. The van der Waals surface area contributed by atoms with Crippen molar-refractivity contribution in [3.63, 3.8) is 0 Å². The Morgan fingerprint density at radius 2 is 1.88 bits per heavy atom. The minimum Gasteiger partial charge on any atom is -0.362 e. The number of rotatable bonds is 2. The largest absolute Gasteiger partial charge is 0.362 e. The van der Waals surface area contributed by atoms with Gasteiger partial charge in [0.05, 0.1) is 0 Å². The van der Waals surface area contributed by atoms with Crippen LogP contribution in [0.5, 0.6) is 0 Å². The van der Waals surface area contributed by atoms with Crippen LogP contribution in [-0.4, -0.2) is 23.5 Å². The molecule has 1 aliphatic rings. The molecule has 1 fully saturated rings. The van der Waals surface area contributed by atoms with E-state index in [4.69, 9.17) is 4.99 Å². The van der Waals surface area contributed by atoms with Crippen molar-refractivity contribution in [1.29, 1.82) is 0 Å². The van der Waals surface area contributed by atoms with E-state index in [0.717, 1.165) is 18.1 Å². The van der Waals surface area contributed by atoms with Crippen LogP contribution in [0, 0.1) is 10.8 Å². The summed E-state index contributed by atoms with van der Waals surface area (Å²) in [7, 11) is 0. The van der Waals surface area contributed by atoms with Crippen LogP contribution in [0.25, 0.3) is 0 Å². The maximum Gasteiger partial charge on any atom is 0.156 e. The summed E-state index contributed by atoms with van der Waals surface area (Å²) in [6.07, 6.45) is 2.39. The predicted octanol–water partition coefficient (Wildman–Crippen LogP) is 3.92. The number of aliphatic imine (C=N–C) groups is 1. The Bertz CT molecular complexity index is 271. The van der Waals surface area contributed by atoms with Crippen molar-refractivity contribution >= 4 is 16.9 Å². The normalized spacial score (nSPS) is 24.8. The molecular weight excluding hydrogens is 228 g/mol. The monoisotopic (exact) mass is 256 g/mol. The van der Waals surface area contributed by atoms with Gasteiger partial charge in [0.2, 0.25) is 0 Å². The molecule has 0 saturated carbocycles. The van der Waals surface area contributed by atoms with Gasteiger partial charge in [0, 0.05) is 18.3 Å². The number of thioether (sulfide) groups is 1. The summed E-state index contributed by atoms with van der Waals surface area (Å²) >= 11 is 1.87. The quantitative estimate of drug-likeness (QED) is 0.810. The van der Waals surface area contributed by atoms with Gasteiger partial charge in [0.1, 0.15) is 0 Å². The van der Waals surface area contributed by atoms with Gasteiger partial charge in [-0.05, 0) is 23.7 Å². The summed E-state index contributed by atoms with van der Waals surface area (Å²) in [5.74, 6) is 1.20. The van der Waals surface area contributed by atoms with Gasteiger partial charge >= 0.3 is 0 Å². The van der Waals surface area contributed by atoms with Crippen LogP contribution in [0.2, 0.25) is 0 Å². The summed E-state index contributed by atoms with van der Waals surface area (Å²) in [6, 6.07) is 0.567. The van der Waals surface area contributed by atoms with Crippen molar-refractivity contribution in [3.8, 4) is 0 Å². The van der Waals surface area contributed by atoms with Crippen LogP contribution in [-0.2, 0) is 0 Å². The van der Waals surface area contributed by atoms with E-state index in [1.165, 1.54) is 12.2 Å². The fraction of sp³-hybridized carbons (Fsp3) is 0.929. The maximum absolute atomic E-state index is 4.70. The van der Waals surface area contributed by atoms with Crippen LogP contribution in [0.15, 0.2) is 4.99 Å². The number of nitrogens with zero attached hydrogens (tertiary/aromatic N) is 1. The fourth-order valence-electron chi connectivity index (χ4n) is 1.77. The molecule has 0 aromatic rings. The van der Waals surface area contributed by atoms with Gasteiger partial charge in [-0.2, -0.15) is 0 Å². The zero-order chi connectivity index (χ0) is 13.1. The highest BCUT2D eigenvalue weighted by atomic mass is 32.2. The molecule has 17 heavy (non-hydrogen) atoms. The van der Waals surface area contributed by atoms with Crippen LogP contribution in [0.4, 0.5) is 0 Å². The Morgan fingerprint density at radius 1 is 1.24 bits per heavy atom. The van der Waals surface area contributed by atoms with E-state index < -0.39 is 0 Å². The zero-order valence-corrected chi connectivity index (χ0v) is 13.1. The Kier molecular flexibility index (Phi) is 4.94. The molecule has 0 aromatic carbocycles. The van der Waals surface area contributed by atoms with Gasteiger partial charge in [-0.3, -0.25) is 4.99 Å². The fourth-order valence-corrected chi connectivity index (χ4v) is 2.73. The summed E-state index contributed by atoms with van der Waals surface area (Å²) in [5.41, 5.74) is 0.707. The van der Waals surface area contributed by atoms with Crippen molar-refractivity contribution in [3.05, 3.63) is 0 Å². The molecule has 3 heteroatoms. The molecule has 0 bridgehead atoms. The summed E-state index contributed by atoms with van der Waals surface area (Å²) in [5, 5.41) is 4.75. The van der Waals surface area contributed by atoms with E-state index in [2.05, 4.69) is 46.9 Å². The number of hydrogen-bond donors (Lipinski definition) is 1. The van der Waals surface area contributed by atoms with Crippen LogP contribution < -0.4 is 5.32 Å². The van der Waals surface area contributed by atoms with Gasteiger partial charge in [0.25, 0.3) is 0 Å². The lowest BCUT2D eigenvalue weighted by Crippen LogP contribution is -2.46. The van der Waals surface area contributed by atoms with Crippen LogP contribution in [0.1, 0.15) is 54.4 Å². The van der Waals surface area contributed by atoms with Crippen molar-refractivity contribution in [2.24, 2.45) is 15.8 Å². The third-order valence-electron chi connectivity index (χ3n) is 3.11. The molecule has 2 nitrogen and oxygen atoms in total. The molecule has 1 heterocycles. The molecule has 1 N–H and O–H groups in total. The Hall–Kier alpha value is -0.180. The lowest BCUT2D eigenvalue weighted by atomic mass is 9.85. The first-order valence-electron chi connectivity index (χ1n) is 6.62. The van der Waals surface area contributed by atoms with E-state index in [1.54, 1.807) is 0 Å². The Labute approximate surface area is 111 Å². The van der Waals surface area contributed by atoms with E-state index >= 15 is 0 Å². The zero-order valence-electron chi connectivity index (χ0n) is 12.3. The average Bonchev–Trinajstić information content (AvgIpc) is 2.15. The molecule has 0 amide bonds. The van der Waals surface area contributed by atoms with Crippen molar-refractivity contribution in [1.82, 2.24) is 5.32 Å². The molecule has 0 aliphatic carbocycles. The van der Waals surface area contributed by atoms with Gasteiger partial charge in [-0.15, -0.1) is 0 Å².